The number of hydrogen-bond donors (Lipinski definition) is 1. The van der Waals surface area contributed by atoms with E-state index in [-0.39, 0.29) is 24.8 Å². The molecule has 2 aromatic rings. The minimum Gasteiger partial charge on any atom is -0.465 e. The summed E-state index contributed by atoms with van der Waals surface area (Å²) in [5, 5.41) is 3.43. The number of anilines is 1. The van der Waals surface area contributed by atoms with Crippen molar-refractivity contribution in [3.8, 4) is 0 Å². The van der Waals surface area contributed by atoms with Crippen LogP contribution in [-0.2, 0) is 25.5 Å². The van der Waals surface area contributed by atoms with E-state index in [1.165, 1.54) is 7.05 Å². The van der Waals surface area contributed by atoms with Gasteiger partial charge in [-0.05, 0) is 30.2 Å². The first-order chi connectivity index (χ1) is 15.3. The number of carbonyl (C=O) groups excluding carboxylic acids is 3. The van der Waals surface area contributed by atoms with E-state index in [2.05, 4.69) is 5.32 Å². The first kappa shape index (κ1) is 22.0. The molecule has 4 rings (SSSR count). The van der Waals surface area contributed by atoms with Gasteiger partial charge in [-0.1, -0.05) is 42.5 Å². The lowest BCUT2D eigenvalue weighted by atomic mass is 9.76. The van der Waals surface area contributed by atoms with E-state index in [9.17, 15) is 14.4 Å². The fourth-order valence-corrected chi connectivity index (χ4v) is 5.01. The second-order valence-corrected chi connectivity index (χ2v) is 8.70. The minimum atomic E-state index is -1.33. The van der Waals surface area contributed by atoms with Gasteiger partial charge in [-0.3, -0.25) is 24.6 Å². The minimum absolute atomic E-state index is 0.189. The van der Waals surface area contributed by atoms with E-state index in [4.69, 9.17) is 4.74 Å². The fraction of sp³-hybridized carbons (Fsp3) is 0.400. The molecule has 0 bridgehead atoms. The summed E-state index contributed by atoms with van der Waals surface area (Å²) >= 11 is 0. The van der Waals surface area contributed by atoms with Crippen LogP contribution in [0.25, 0.3) is 0 Å². The molecule has 7 nitrogen and oxygen atoms in total. The summed E-state index contributed by atoms with van der Waals surface area (Å²) in [6.07, 6.45) is 0.257. The van der Waals surface area contributed by atoms with Gasteiger partial charge in [0.25, 0.3) is 0 Å². The number of amides is 2. The zero-order chi connectivity index (χ0) is 23.0. The molecule has 2 amide bonds. The van der Waals surface area contributed by atoms with Gasteiger partial charge >= 0.3 is 5.97 Å². The molecule has 168 valence electrons. The van der Waals surface area contributed by atoms with Crippen molar-refractivity contribution in [2.45, 2.75) is 24.9 Å². The third-order valence-corrected chi connectivity index (χ3v) is 6.61. The van der Waals surface area contributed by atoms with E-state index < -0.39 is 29.4 Å². The molecule has 4 atom stereocenters. The largest absolute Gasteiger partial charge is 0.465 e. The van der Waals surface area contributed by atoms with Crippen molar-refractivity contribution in [2.24, 2.45) is 11.8 Å². The molecule has 0 aliphatic carbocycles. The number of benzene rings is 2. The van der Waals surface area contributed by atoms with E-state index in [0.717, 1.165) is 21.7 Å². The SMILES string of the molecule is CCOC(=O)[C@]1(Cc2ccccc2)N[C@H](c2ccc(N(C)C)cc2)[C@@H]2C(=O)N(C)C(=O)[C@H]21. The van der Waals surface area contributed by atoms with E-state index >= 15 is 0 Å². The molecule has 0 unspecified atom stereocenters. The number of imide groups is 1. The van der Waals surface area contributed by atoms with Crippen LogP contribution in [0.4, 0.5) is 5.69 Å². The van der Waals surface area contributed by atoms with Gasteiger partial charge in [0.05, 0.1) is 18.4 Å². The molecule has 0 saturated carbocycles. The van der Waals surface area contributed by atoms with Crippen molar-refractivity contribution >= 4 is 23.5 Å². The van der Waals surface area contributed by atoms with Gasteiger partial charge in [-0.25, -0.2) is 0 Å². The third-order valence-electron chi connectivity index (χ3n) is 6.61. The maximum absolute atomic E-state index is 13.4. The Hall–Kier alpha value is -3.19. The highest BCUT2D eigenvalue weighted by Gasteiger charge is 2.68. The summed E-state index contributed by atoms with van der Waals surface area (Å²) < 4.78 is 5.47. The Kier molecular flexibility index (Phi) is 5.77. The maximum Gasteiger partial charge on any atom is 0.327 e. The Morgan fingerprint density at radius 1 is 1.06 bits per heavy atom. The van der Waals surface area contributed by atoms with Gasteiger partial charge in [-0.2, -0.15) is 0 Å². The quantitative estimate of drug-likeness (QED) is 0.554. The van der Waals surface area contributed by atoms with Crippen molar-refractivity contribution in [1.82, 2.24) is 10.2 Å². The average Bonchev–Trinajstić information content (AvgIpc) is 3.24. The standard InChI is InChI=1S/C25H29N3O4/c1-5-32-24(31)25(15-16-9-7-6-8-10-16)20-19(22(29)28(4)23(20)30)21(26-25)17-11-13-18(14-12-17)27(2)3/h6-14,19-21,26H,5,15H2,1-4H3/t19-,20+,21-,25-/m1/s1. The molecule has 2 aliphatic rings. The molecule has 2 saturated heterocycles. The first-order valence-corrected chi connectivity index (χ1v) is 10.9. The molecule has 2 fully saturated rings. The van der Waals surface area contributed by atoms with Crippen LogP contribution in [0.3, 0.4) is 0 Å². The van der Waals surface area contributed by atoms with E-state index in [1.807, 2.05) is 73.6 Å². The number of rotatable bonds is 6. The van der Waals surface area contributed by atoms with Crippen LogP contribution in [-0.4, -0.2) is 56.0 Å². The fourth-order valence-electron chi connectivity index (χ4n) is 5.01. The second kappa shape index (κ2) is 8.39. The highest BCUT2D eigenvalue weighted by Crippen LogP contribution is 2.50. The van der Waals surface area contributed by atoms with Crippen molar-refractivity contribution in [3.05, 3.63) is 65.7 Å². The monoisotopic (exact) mass is 435 g/mol. The molecule has 2 aromatic carbocycles. The predicted molar refractivity (Wildman–Crippen MR) is 121 cm³/mol. The number of carbonyl (C=O) groups is 3. The zero-order valence-electron chi connectivity index (χ0n) is 18.9. The summed E-state index contributed by atoms with van der Waals surface area (Å²) in [6, 6.07) is 16.9. The Labute approximate surface area is 188 Å². The van der Waals surface area contributed by atoms with Crippen molar-refractivity contribution in [1.29, 1.82) is 0 Å². The molecule has 2 heterocycles. The number of fused-ring (bicyclic) bond motifs is 1. The second-order valence-electron chi connectivity index (χ2n) is 8.70. The summed E-state index contributed by atoms with van der Waals surface area (Å²) in [6.45, 7) is 1.93. The molecule has 2 aliphatic heterocycles. The molecule has 0 spiro atoms. The smallest absolute Gasteiger partial charge is 0.327 e. The van der Waals surface area contributed by atoms with Crippen molar-refractivity contribution in [3.63, 3.8) is 0 Å². The third kappa shape index (κ3) is 3.46. The van der Waals surface area contributed by atoms with Gasteiger partial charge in [-0.15, -0.1) is 0 Å². The van der Waals surface area contributed by atoms with Crippen LogP contribution in [0.5, 0.6) is 0 Å². The molecule has 32 heavy (non-hydrogen) atoms. The number of nitrogens with one attached hydrogen (secondary N) is 1. The lowest BCUT2D eigenvalue weighted by Crippen LogP contribution is -2.57. The average molecular weight is 436 g/mol. The van der Waals surface area contributed by atoms with Gasteiger partial charge in [0.1, 0.15) is 5.54 Å². The first-order valence-electron chi connectivity index (χ1n) is 10.9. The van der Waals surface area contributed by atoms with Crippen LogP contribution in [0.1, 0.15) is 24.1 Å². The number of hydrogen-bond acceptors (Lipinski definition) is 6. The number of likely N-dealkylation sites (tertiary alicyclic amines) is 1. The number of nitrogens with zero attached hydrogens (tertiary/aromatic N) is 2. The maximum atomic E-state index is 13.4. The van der Waals surface area contributed by atoms with Crippen LogP contribution < -0.4 is 10.2 Å². The molecular formula is C25H29N3O4. The van der Waals surface area contributed by atoms with Crippen LogP contribution >= 0.6 is 0 Å². The highest BCUT2D eigenvalue weighted by atomic mass is 16.5. The van der Waals surface area contributed by atoms with Crippen LogP contribution in [0.15, 0.2) is 54.6 Å². The topological polar surface area (TPSA) is 79.0 Å². The molecular weight excluding hydrogens is 406 g/mol. The highest BCUT2D eigenvalue weighted by molar-refractivity contribution is 6.09. The Morgan fingerprint density at radius 3 is 2.31 bits per heavy atom. The van der Waals surface area contributed by atoms with Gasteiger partial charge < -0.3 is 9.64 Å². The summed E-state index contributed by atoms with van der Waals surface area (Å²) in [7, 11) is 5.41. The molecule has 1 N–H and O–H groups in total. The lowest BCUT2D eigenvalue weighted by Gasteiger charge is -2.32. The molecule has 0 aromatic heterocycles. The predicted octanol–water partition coefficient (Wildman–Crippen LogP) is 2.17. The van der Waals surface area contributed by atoms with Gasteiger partial charge in [0.15, 0.2) is 0 Å². The Balaban J connectivity index is 1.82. The van der Waals surface area contributed by atoms with Gasteiger partial charge in [0.2, 0.25) is 11.8 Å². The summed E-state index contributed by atoms with van der Waals surface area (Å²) in [4.78, 5) is 43.0. The normalized spacial score (nSPS) is 26.9. The number of ether oxygens (including phenoxy) is 1. The van der Waals surface area contributed by atoms with E-state index in [1.54, 1.807) is 6.92 Å². The number of esters is 1. The Bertz CT molecular complexity index is 1020. The van der Waals surface area contributed by atoms with Crippen molar-refractivity contribution in [2.75, 3.05) is 32.6 Å². The lowest BCUT2D eigenvalue weighted by molar-refractivity contribution is -0.156. The summed E-state index contributed by atoms with van der Waals surface area (Å²) in [5.41, 5.74) is 1.45. The molecule has 7 heteroatoms. The van der Waals surface area contributed by atoms with Crippen LogP contribution in [0, 0.1) is 11.8 Å². The van der Waals surface area contributed by atoms with Crippen molar-refractivity contribution < 1.29 is 19.1 Å². The Morgan fingerprint density at radius 2 is 1.72 bits per heavy atom. The van der Waals surface area contributed by atoms with Gasteiger partial charge in [0, 0.05) is 39.3 Å². The van der Waals surface area contributed by atoms with E-state index in [0.29, 0.717) is 0 Å². The zero-order valence-corrected chi connectivity index (χ0v) is 18.9. The summed E-state index contributed by atoms with van der Waals surface area (Å²) in [5.74, 6) is -2.62. The molecule has 0 radical (unpaired) electrons. The van der Waals surface area contributed by atoms with Crippen LogP contribution in [0.2, 0.25) is 0 Å².